The minimum absolute atomic E-state index is 0.166. The van der Waals surface area contributed by atoms with E-state index in [1.807, 2.05) is 6.08 Å². The molecule has 0 aromatic rings. The number of halogens is 1. The molecule has 0 saturated heterocycles. The van der Waals surface area contributed by atoms with Gasteiger partial charge in [-0.15, -0.1) is 11.6 Å². The molecule has 0 spiro atoms. The second-order valence-corrected chi connectivity index (χ2v) is 6.91. The molecule has 0 aromatic carbocycles. The number of hydrogen-bond donors (Lipinski definition) is 2. The van der Waals surface area contributed by atoms with E-state index in [9.17, 15) is 0 Å². The van der Waals surface area contributed by atoms with Gasteiger partial charge in [-0.05, 0) is 48.5 Å². The molecule has 1 atom stereocenters. The van der Waals surface area contributed by atoms with Crippen molar-refractivity contribution in [2.45, 2.75) is 58.9 Å². The van der Waals surface area contributed by atoms with Crippen molar-refractivity contribution in [3.05, 3.63) is 70.9 Å². The number of allylic oxidation sites excluding steroid dienone is 8. The molecule has 1 aliphatic carbocycles. The van der Waals surface area contributed by atoms with E-state index in [0.717, 1.165) is 43.3 Å². The Kier molecular flexibility index (Phi) is 10.8. The fraction of sp³-hybridized carbons (Fsp3) is 0.417. The Hall–Kier alpha value is -1.79. The van der Waals surface area contributed by atoms with Crippen molar-refractivity contribution in [2.75, 3.05) is 5.88 Å². The van der Waals surface area contributed by atoms with Crippen molar-refractivity contribution in [2.24, 2.45) is 5.84 Å². The van der Waals surface area contributed by atoms with Gasteiger partial charge in [0.2, 0.25) is 0 Å². The van der Waals surface area contributed by atoms with Gasteiger partial charge in [-0.25, -0.2) is 5.43 Å². The molecule has 0 amide bonds. The molecule has 0 radical (unpaired) electrons. The maximum atomic E-state index is 6.13. The van der Waals surface area contributed by atoms with Gasteiger partial charge in [-0.3, -0.25) is 5.84 Å². The minimum Gasteiger partial charge on any atom is -0.270 e. The monoisotopic (exact) mass is 384 g/mol. The van der Waals surface area contributed by atoms with Gasteiger partial charge < -0.3 is 0 Å². The molecule has 0 heterocycles. The lowest BCUT2D eigenvalue weighted by Crippen LogP contribution is -2.35. The largest absolute Gasteiger partial charge is 0.270 e. The fourth-order valence-corrected chi connectivity index (χ4v) is 3.57. The van der Waals surface area contributed by atoms with Crippen LogP contribution >= 0.6 is 11.6 Å². The third kappa shape index (κ3) is 6.70. The highest BCUT2D eigenvalue weighted by molar-refractivity contribution is 6.19. The van der Waals surface area contributed by atoms with Crippen LogP contribution < -0.4 is 11.3 Å². The zero-order valence-corrected chi connectivity index (χ0v) is 17.8. The molecule has 1 aliphatic rings. The minimum atomic E-state index is -0.166. The average molecular weight is 385 g/mol. The Morgan fingerprint density at radius 2 is 2.11 bits per heavy atom. The number of rotatable bonds is 10. The normalized spacial score (nSPS) is 22.5. The zero-order chi connectivity index (χ0) is 20.2. The molecule has 0 saturated carbocycles. The summed E-state index contributed by atoms with van der Waals surface area (Å²) in [7, 11) is 0. The molecule has 3 N–H and O–H groups in total. The summed E-state index contributed by atoms with van der Waals surface area (Å²) in [5.74, 6) is 12.5. The number of nitrogens with two attached hydrogens (primary N) is 1. The molecule has 0 fully saturated rings. The van der Waals surface area contributed by atoms with Gasteiger partial charge in [0.05, 0.1) is 0 Å². The first-order chi connectivity index (χ1) is 13.1. The predicted octanol–water partition coefficient (Wildman–Crippen LogP) is 5.90. The van der Waals surface area contributed by atoms with E-state index < -0.39 is 0 Å². The molecule has 0 bridgehead atoms. The Balaban J connectivity index is 3.32. The maximum Gasteiger partial charge on any atom is 0.107 e. The first-order valence-electron chi connectivity index (χ1n) is 9.62. The summed E-state index contributed by atoms with van der Waals surface area (Å²) in [6.45, 7) is 14.4. The van der Waals surface area contributed by atoms with Crippen LogP contribution in [-0.4, -0.2) is 11.9 Å². The van der Waals surface area contributed by atoms with Crippen molar-refractivity contribution < 1.29 is 0 Å². The van der Waals surface area contributed by atoms with E-state index in [1.54, 1.807) is 6.08 Å². The van der Waals surface area contributed by atoms with Crippen molar-refractivity contribution in [3.63, 3.8) is 0 Å². The van der Waals surface area contributed by atoms with E-state index in [2.05, 4.69) is 63.3 Å². The van der Waals surface area contributed by atoms with Gasteiger partial charge in [-0.2, -0.15) is 0 Å². The molecular weight excluding hydrogens is 352 g/mol. The van der Waals surface area contributed by atoms with Gasteiger partial charge in [-0.1, -0.05) is 80.7 Å². The Bertz CT molecular complexity index is 723. The fourth-order valence-electron chi connectivity index (χ4n) is 3.26. The Labute approximate surface area is 170 Å². The van der Waals surface area contributed by atoms with Crippen LogP contribution in [0.1, 0.15) is 52.9 Å². The second-order valence-electron chi connectivity index (χ2n) is 6.64. The highest BCUT2D eigenvalue weighted by atomic mass is 35.5. The highest BCUT2D eigenvalue weighted by Crippen LogP contribution is 2.30. The topological polar surface area (TPSA) is 38.0 Å². The summed E-state index contributed by atoms with van der Waals surface area (Å²) in [5.41, 5.74) is 10.3. The number of nitrogens with one attached hydrogen (secondary N) is 1. The Morgan fingerprint density at radius 3 is 2.63 bits per heavy atom. The van der Waals surface area contributed by atoms with Gasteiger partial charge in [0, 0.05) is 12.3 Å². The summed E-state index contributed by atoms with van der Waals surface area (Å²) in [5, 5.41) is 0. The predicted molar refractivity (Wildman–Crippen MR) is 120 cm³/mol. The lowest BCUT2D eigenvalue weighted by Gasteiger charge is -2.19. The van der Waals surface area contributed by atoms with Gasteiger partial charge >= 0.3 is 0 Å². The smallest absolute Gasteiger partial charge is 0.107 e. The lowest BCUT2D eigenvalue weighted by molar-refractivity contribution is 0.715. The van der Waals surface area contributed by atoms with E-state index in [4.69, 9.17) is 17.4 Å². The van der Waals surface area contributed by atoms with Crippen LogP contribution in [0.25, 0.3) is 0 Å². The summed E-state index contributed by atoms with van der Waals surface area (Å²) in [6.07, 6.45) is 12.8. The van der Waals surface area contributed by atoms with E-state index >= 15 is 0 Å². The Morgan fingerprint density at radius 1 is 1.37 bits per heavy atom. The van der Waals surface area contributed by atoms with Crippen LogP contribution in [0.15, 0.2) is 70.9 Å². The lowest BCUT2D eigenvalue weighted by atomic mass is 9.88. The average Bonchev–Trinajstić information content (AvgIpc) is 2.67. The maximum absolute atomic E-state index is 6.13. The van der Waals surface area contributed by atoms with Crippen molar-refractivity contribution in [1.82, 2.24) is 5.43 Å². The molecule has 146 valence electrons. The van der Waals surface area contributed by atoms with Crippen molar-refractivity contribution in [1.29, 1.82) is 0 Å². The quantitative estimate of drug-likeness (QED) is 0.162. The third-order valence-corrected chi connectivity index (χ3v) is 5.22. The SMILES string of the molecule is C=C/C1=C/C=C(/C/C(CC)=C(CCC)/C(C)=C(/C=C)CCl)CC#CC1NN. The van der Waals surface area contributed by atoms with Crippen LogP contribution in [0.4, 0.5) is 0 Å². The molecule has 0 aliphatic heterocycles. The number of alkyl halides is 1. The van der Waals surface area contributed by atoms with E-state index in [-0.39, 0.29) is 6.04 Å². The third-order valence-electron chi connectivity index (χ3n) is 4.93. The van der Waals surface area contributed by atoms with E-state index in [0.29, 0.717) is 5.88 Å². The molecular formula is C24H33ClN2. The van der Waals surface area contributed by atoms with E-state index in [1.165, 1.54) is 22.3 Å². The van der Waals surface area contributed by atoms with Gasteiger partial charge in [0.1, 0.15) is 6.04 Å². The zero-order valence-electron chi connectivity index (χ0n) is 17.0. The van der Waals surface area contributed by atoms with Crippen molar-refractivity contribution >= 4 is 11.6 Å². The standard InChI is InChI=1S/C24H33ClN2/c1-6-11-23(18(5)22(9-4)17-25)21(8-3)16-19-12-10-13-24(27-26)20(7-2)15-14-19/h7,9,14-15,24,27H,2,4,6,8,11-12,16-17,26H2,1,3,5H3/b19-14+,20-15-,22-18-,23-21+. The summed E-state index contributed by atoms with van der Waals surface area (Å²) in [6, 6.07) is -0.166. The molecule has 2 nitrogen and oxygen atoms in total. The summed E-state index contributed by atoms with van der Waals surface area (Å²) < 4.78 is 0. The number of hydrazine groups is 1. The molecule has 1 rings (SSSR count). The van der Waals surface area contributed by atoms with Crippen LogP contribution in [0.2, 0.25) is 0 Å². The van der Waals surface area contributed by atoms with Crippen molar-refractivity contribution in [3.8, 4) is 11.8 Å². The summed E-state index contributed by atoms with van der Waals surface area (Å²) >= 11 is 6.13. The van der Waals surface area contributed by atoms with Crippen LogP contribution in [0, 0.1) is 11.8 Å². The molecule has 27 heavy (non-hydrogen) atoms. The summed E-state index contributed by atoms with van der Waals surface area (Å²) in [4.78, 5) is 0. The molecule has 0 aromatic heterocycles. The van der Waals surface area contributed by atoms with Crippen LogP contribution in [0.3, 0.4) is 0 Å². The second kappa shape index (κ2) is 12.6. The highest BCUT2D eigenvalue weighted by Gasteiger charge is 2.13. The molecule has 3 heteroatoms. The van der Waals surface area contributed by atoms with Crippen LogP contribution in [0.5, 0.6) is 0 Å². The van der Waals surface area contributed by atoms with Gasteiger partial charge in [0.25, 0.3) is 0 Å². The first kappa shape index (κ1) is 23.2. The van der Waals surface area contributed by atoms with Crippen LogP contribution in [-0.2, 0) is 0 Å². The number of hydrogen-bond acceptors (Lipinski definition) is 2. The molecule has 1 unspecified atom stereocenters. The van der Waals surface area contributed by atoms with Gasteiger partial charge in [0.15, 0.2) is 0 Å². The first-order valence-corrected chi connectivity index (χ1v) is 10.2.